The Hall–Kier alpha value is -2.32. The van der Waals surface area contributed by atoms with E-state index in [1.807, 2.05) is 19.1 Å². The van der Waals surface area contributed by atoms with Gasteiger partial charge in [0.05, 0.1) is 16.8 Å². The van der Waals surface area contributed by atoms with Crippen molar-refractivity contribution in [1.29, 1.82) is 5.26 Å². The monoisotopic (exact) mass is 330 g/mol. The predicted molar refractivity (Wildman–Crippen MR) is 80.3 cm³/mol. The third-order valence-electron chi connectivity index (χ3n) is 2.77. The zero-order valence-electron chi connectivity index (χ0n) is 10.6. The molecule has 20 heavy (non-hydrogen) atoms. The molecule has 0 aliphatic carbocycles. The molecule has 0 spiro atoms. The largest absolute Gasteiger partial charge is 0.478 e. The molecule has 0 amide bonds. The maximum atomic E-state index is 11.1. The molecule has 0 radical (unpaired) electrons. The molecule has 5 heteroatoms. The van der Waals surface area contributed by atoms with Crippen LogP contribution in [0.1, 0.15) is 21.5 Å². The van der Waals surface area contributed by atoms with E-state index >= 15 is 0 Å². The minimum atomic E-state index is -1.01. The normalized spacial score (nSPS) is 9.85. The van der Waals surface area contributed by atoms with Crippen molar-refractivity contribution in [2.45, 2.75) is 6.92 Å². The highest BCUT2D eigenvalue weighted by Crippen LogP contribution is 2.26. The molecular weight excluding hydrogens is 320 g/mol. The fourth-order valence-electron chi connectivity index (χ4n) is 1.78. The van der Waals surface area contributed by atoms with Crippen LogP contribution in [0.2, 0.25) is 0 Å². The van der Waals surface area contributed by atoms with Crippen molar-refractivity contribution in [3.63, 3.8) is 0 Å². The molecule has 0 heterocycles. The minimum Gasteiger partial charge on any atom is -0.478 e. The third-order valence-corrected chi connectivity index (χ3v) is 3.46. The van der Waals surface area contributed by atoms with Crippen molar-refractivity contribution in [1.82, 2.24) is 0 Å². The first kappa shape index (κ1) is 14.1. The maximum Gasteiger partial charge on any atom is 0.336 e. The molecule has 4 nitrogen and oxygen atoms in total. The summed E-state index contributed by atoms with van der Waals surface area (Å²) in [6.45, 7) is 1.93. The summed E-state index contributed by atoms with van der Waals surface area (Å²) < 4.78 is 0.514. The van der Waals surface area contributed by atoms with Crippen LogP contribution >= 0.6 is 15.9 Å². The molecule has 2 N–H and O–H groups in total. The smallest absolute Gasteiger partial charge is 0.336 e. The van der Waals surface area contributed by atoms with Gasteiger partial charge in [0.2, 0.25) is 0 Å². The summed E-state index contributed by atoms with van der Waals surface area (Å²) in [7, 11) is 0. The second-order valence-corrected chi connectivity index (χ2v) is 5.14. The van der Waals surface area contributed by atoms with Crippen molar-refractivity contribution in [3.8, 4) is 6.07 Å². The fraction of sp³-hybridized carbons (Fsp3) is 0.0667. The van der Waals surface area contributed by atoms with E-state index in [1.165, 1.54) is 6.07 Å². The van der Waals surface area contributed by atoms with Crippen LogP contribution in [0.5, 0.6) is 0 Å². The third kappa shape index (κ3) is 2.98. The Morgan fingerprint density at radius 3 is 2.70 bits per heavy atom. The lowest BCUT2D eigenvalue weighted by molar-refractivity contribution is 0.0696. The van der Waals surface area contributed by atoms with Crippen molar-refractivity contribution in [2.24, 2.45) is 0 Å². The van der Waals surface area contributed by atoms with E-state index in [9.17, 15) is 4.79 Å². The number of aryl methyl sites for hydroxylation is 1. The molecule has 2 aromatic carbocycles. The number of halogens is 1. The van der Waals surface area contributed by atoms with Crippen LogP contribution < -0.4 is 5.32 Å². The van der Waals surface area contributed by atoms with Crippen molar-refractivity contribution in [3.05, 3.63) is 57.6 Å². The van der Waals surface area contributed by atoms with Gasteiger partial charge < -0.3 is 10.4 Å². The zero-order valence-corrected chi connectivity index (χ0v) is 12.2. The highest BCUT2D eigenvalue weighted by Gasteiger charge is 2.10. The zero-order chi connectivity index (χ0) is 14.7. The van der Waals surface area contributed by atoms with E-state index in [4.69, 9.17) is 10.4 Å². The number of nitrogens with zero attached hydrogens (tertiary/aromatic N) is 1. The van der Waals surface area contributed by atoms with Gasteiger partial charge in [-0.25, -0.2) is 4.79 Å². The molecule has 0 aliphatic heterocycles. The van der Waals surface area contributed by atoms with E-state index in [0.717, 1.165) is 5.56 Å². The Labute approximate surface area is 124 Å². The molecular formula is C15H11BrN2O2. The molecule has 2 rings (SSSR count). The highest BCUT2D eigenvalue weighted by atomic mass is 79.9. The van der Waals surface area contributed by atoms with Crippen LogP contribution in [-0.4, -0.2) is 11.1 Å². The van der Waals surface area contributed by atoms with E-state index < -0.39 is 5.97 Å². The van der Waals surface area contributed by atoms with Gasteiger partial charge in [-0.1, -0.05) is 6.07 Å². The van der Waals surface area contributed by atoms with Gasteiger partial charge in [-0.3, -0.25) is 0 Å². The van der Waals surface area contributed by atoms with Crippen LogP contribution in [0.4, 0.5) is 11.4 Å². The average molecular weight is 331 g/mol. The molecule has 0 saturated heterocycles. The maximum absolute atomic E-state index is 11.1. The van der Waals surface area contributed by atoms with Crippen LogP contribution in [0.3, 0.4) is 0 Å². The fourth-order valence-corrected chi connectivity index (χ4v) is 2.20. The van der Waals surface area contributed by atoms with Crippen molar-refractivity contribution >= 4 is 33.3 Å². The predicted octanol–water partition coefficient (Wildman–Crippen LogP) is 4.07. The molecule has 0 saturated carbocycles. The van der Waals surface area contributed by atoms with Gasteiger partial charge in [0.15, 0.2) is 0 Å². The molecule has 0 aliphatic rings. The summed E-state index contributed by atoms with van der Waals surface area (Å²) in [6, 6.07) is 12.5. The van der Waals surface area contributed by atoms with Gasteiger partial charge in [-0.15, -0.1) is 0 Å². The summed E-state index contributed by atoms with van der Waals surface area (Å²) in [5.74, 6) is -1.01. The van der Waals surface area contributed by atoms with Gasteiger partial charge in [0.1, 0.15) is 6.07 Å². The number of benzene rings is 2. The van der Waals surface area contributed by atoms with Crippen molar-refractivity contribution < 1.29 is 9.90 Å². The Morgan fingerprint density at radius 2 is 2.05 bits per heavy atom. The lowest BCUT2D eigenvalue weighted by atomic mass is 10.1. The Kier molecular flexibility index (Phi) is 4.06. The number of nitrogens with one attached hydrogen (secondary N) is 1. The lowest BCUT2D eigenvalue weighted by Crippen LogP contribution is -2.00. The highest BCUT2D eigenvalue weighted by molar-refractivity contribution is 9.10. The molecule has 0 atom stereocenters. The SMILES string of the molecule is Cc1ccc(C#N)c(Nc2ccc(Br)c(C(=O)O)c2)c1. The summed E-state index contributed by atoms with van der Waals surface area (Å²) >= 11 is 3.20. The van der Waals surface area contributed by atoms with Crippen LogP contribution in [0, 0.1) is 18.3 Å². The molecule has 0 unspecified atom stereocenters. The van der Waals surface area contributed by atoms with Gasteiger partial charge in [-0.2, -0.15) is 5.26 Å². The molecule has 0 aromatic heterocycles. The van der Waals surface area contributed by atoms with Gasteiger partial charge in [0, 0.05) is 10.2 Å². The molecule has 2 aromatic rings. The van der Waals surface area contributed by atoms with Crippen LogP contribution in [-0.2, 0) is 0 Å². The first-order chi connectivity index (χ1) is 9.51. The number of aromatic carboxylic acids is 1. The number of hydrogen-bond acceptors (Lipinski definition) is 3. The number of rotatable bonds is 3. The van der Waals surface area contributed by atoms with Crippen LogP contribution in [0.25, 0.3) is 0 Å². The average Bonchev–Trinajstić information content (AvgIpc) is 2.41. The standard InChI is InChI=1S/C15H11BrN2O2/c1-9-2-3-10(8-17)14(6-9)18-11-4-5-13(16)12(7-11)15(19)20/h2-7,18H,1H3,(H,19,20). The number of carbonyl (C=O) groups is 1. The van der Waals surface area contributed by atoms with E-state index in [0.29, 0.717) is 21.4 Å². The minimum absolute atomic E-state index is 0.168. The van der Waals surface area contributed by atoms with Crippen molar-refractivity contribution in [2.75, 3.05) is 5.32 Å². The first-order valence-electron chi connectivity index (χ1n) is 5.82. The Bertz CT molecular complexity index is 720. The first-order valence-corrected chi connectivity index (χ1v) is 6.61. The number of nitriles is 1. The number of hydrogen-bond donors (Lipinski definition) is 2. The van der Waals surface area contributed by atoms with E-state index in [2.05, 4.69) is 27.3 Å². The number of carboxylic acid groups (broad SMARTS) is 1. The summed E-state index contributed by atoms with van der Waals surface area (Å²) in [5.41, 5.74) is 2.97. The number of anilines is 2. The van der Waals surface area contributed by atoms with Gasteiger partial charge in [0.25, 0.3) is 0 Å². The summed E-state index contributed by atoms with van der Waals surface area (Å²) in [6.07, 6.45) is 0. The second-order valence-electron chi connectivity index (χ2n) is 4.29. The summed E-state index contributed by atoms with van der Waals surface area (Å²) in [5, 5.41) is 21.3. The Morgan fingerprint density at radius 1 is 1.30 bits per heavy atom. The number of carboxylic acids is 1. The summed E-state index contributed by atoms with van der Waals surface area (Å²) in [4.78, 5) is 11.1. The Balaban J connectivity index is 2.40. The van der Waals surface area contributed by atoms with E-state index in [1.54, 1.807) is 18.2 Å². The lowest BCUT2D eigenvalue weighted by Gasteiger charge is -2.10. The van der Waals surface area contributed by atoms with Gasteiger partial charge in [-0.05, 0) is 58.7 Å². The molecule has 0 fully saturated rings. The quantitative estimate of drug-likeness (QED) is 0.889. The van der Waals surface area contributed by atoms with Crippen LogP contribution in [0.15, 0.2) is 40.9 Å². The molecule has 100 valence electrons. The van der Waals surface area contributed by atoms with Gasteiger partial charge >= 0.3 is 5.97 Å². The van der Waals surface area contributed by atoms with E-state index in [-0.39, 0.29) is 5.56 Å². The topological polar surface area (TPSA) is 73.1 Å². The molecule has 0 bridgehead atoms. The second kappa shape index (κ2) is 5.76.